The van der Waals surface area contributed by atoms with E-state index in [1.54, 1.807) is 4.90 Å². The van der Waals surface area contributed by atoms with Crippen molar-refractivity contribution >= 4 is 11.6 Å². The number of hydrogen-bond acceptors (Lipinski definition) is 3. The van der Waals surface area contributed by atoms with Crippen LogP contribution >= 0.6 is 0 Å². The van der Waals surface area contributed by atoms with Crippen molar-refractivity contribution in [3.63, 3.8) is 0 Å². The highest BCUT2D eigenvalue weighted by Gasteiger charge is 2.33. The fraction of sp³-hybridized carbons (Fsp3) is 0.462. The number of carbonyl (C=O) groups excluding carboxylic acids is 1. The second kappa shape index (κ2) is 4.60. The number of hydrogen-bond donors (Lipinski definition) is 0. The molecule has 0 spiro atoms. The lowest BCUT2D eigenvalue weighted by molar-refractivity contribution is -0.384. The molecule has 0 bridgehead atoms. The number of non-ortho nitro benzene ring substituents is 1. The Morgan fingerprint density at radius 3 is 2.68 bits per heavy atom. The second-order valence-electron chi connectivity index (χ2n) is 5.56. The molecule has 0 atom stereocenters. The molecule has 1 heterocycles. The lowest BCUT2D eigenvalue weighted by Gasteiger charge is -2.20. The van der Waals surface area contributed by atoms with E-state index < -0.39 is 16.6 Å². The zero-order chi connectivity index (χ0) is 14.2. The van der Waals surface area contributed by atoms with Gasteiger partial charge in [0.05, 0.1) is 10.5 Å². The van der Waals surface area contributed by atoms with E-state index in [2.05, 4.69) is 0 Å². The Hall–Kier alpha value is -1.98. The summed E-state index contributed by atoms with van der Waals surface area (Å²) >= 11 is 0. The van der Waals surface area contributed by atoms with E-state index in [1.807, 2.05) is 13.8 Å². The van der Waals surface area contributed by atoms with Crippen LogP contribution in [0.2, 0.25) is 0 Å². The SMILES string of the molecule is CC1(C)CCN(C(=O)c2cc([N+](=O)[O-])ccc2F)C1. The molecule has 0 unspecified atom stereocenters. The van der Waals surface area contributed by atoms with Crippen molar-refractivity contribution in [1.82, 2.24) is 4.90 Å². The molecule has 1 saturated heterocycles. The molecule has 0 saturated carbocycles. The van der Waals surface area contributed by atoms with Crippen molar-refractivity contribution < 1.29 is 14.1 Å². The van der Waals surface area contributed by atoms with Crippen molar-refractivity contribution in [2.24, 2.45) is 5.41 Å². The first-order valence-corrected chi connectivity index (χ1v) is 6.03. The molecule has 1 aromatic rings. The van der Waals surface area contributed by atoms with Gasteiger partial charge in [0.1, 0.15) is 5.82 Å². The highest BCUT2D eigenvalue weighted by molar-refractivity contribution is 5.95. The Balaban J connectivity index is 2.29. The highest BCUT2D eigenvalue weighted by Crippen LogP contribution is 2.30. The molecule has 1 aliphatic heterocycles. The molecular weight excluding hydrogens is 251 g/mol. The fourth-order valence-electron chi connectivity index (χ4n) is 2.25. The fourth-order valence-corrected chi connectivity index (χ4v) is 2.25. The second-order valence-corrected chi connectivity index (χ2v) is 5.56. The summed E-state index contributed by atoms with van der Waals surface area (Å²) in [5.41, 5.74) is -0.498. The molecule has 0 aliphatic carbocycles. The zero-order valence-electron chi connectivity index (χ0n) is 10.9. The van der Waals surface area contributed by atoms with Gasteiger partial charge >= 0.3 is 0 Å². The molecular formula is C13H15FN2O3. The van der Waals surface area contributed by atoms with Gasteiger partial charge in [0.15, 0.2) is 0 Å². The standard InChI is InChI=1S/C13H15FN2O3/c1-13(2)5-6-15(8-13)12(17)10-7-9(16(18)19)3-4-11(10)14/h3-4,7H,5-6,8H2,1-2H3. The summed E-state index contributed by atoms with van der Waals surface area (Å²) in [6.07, 6.45) is 0.843. The van der Waals surface area contributed by atoms with Crippen LogP contribution in [0.1, 0.15) is 30.6 Å². The van der Waals surface area contributed by atoms with Gasteiger partial charge in [-0.05, 0) is 17.9 Å². The van der Waals surface area contributed by atoms with Crippen LogP contribution in [0, 0.1) is 21.3 Å². The monoisotopic (exact) mass is 266 g/mol. The summed E-state index contributed by atoms with van der Waals surface area (Å²) in [7, 11) is 0. The number of nitrogens with zero attached hydrogens (tertiary/aromatic N) is 2. The summed E-state index contributed by atoms with van der Waals surface area (Å²) in [6.45, 7) is 5.15. The average molecular weight is 266 g/mol. The number of likely N-dealkylation sites (tertiary alicyclic amines) is 1. The van der Waals surface area contributed by atoms with Crippen molar-refractivity contribution in [3.05, 3.63) is 39.7 Å². The third-order valence-electron chi connectivity index (χ3n) is 3.36. The van der Waals surface area contributed by atoms with Crippen molar-refractivity contribution in [2.75, 3.05) is 13.1 Å². The lowest BCUT2D eigenvalue weighted by Crippen LogP contribution is -2.30. The normalized spacial score (nSPS) is 17.5. The maximum absolute atomic E-state index is 13.7. The first-order valence-electron chi connectivity index (χ1n) is 6.03. The van der Waals surface area contributed by atoms with E-state index in [0.29, 0.717) is 13.1 Å². The van der Waals surface area contributed by atoms with Crippen LogP contribution in [-0.4, -0.2) is 28.8 Å². The van der Waals surface area contributed by atoms with Crippen LogP contribution in [0.25, 0.3) is 0 Å². The van der Waals surface area contributed by atoms with Gasteiger partial charge in [-0.1, -0.05) is 13.8 Å². The molecule has 19 heavy (non-hydrogen) atoms. The third-order valence-corrected chi connectivity index (χ3v) is 3.36. The van der Waals surface area contributed by atoms with Gasteiger partial charge in [-0.15, -0.1) is 0 Å². The molecule has 0 radical (unpaired) electrons. The smallest absolute Gasteiger partial charge is 0.270 e. The number of halogens is 1. The molecule has 6 heteroatoms. The summed E-state index contributed by atoms with van der Waals surface area (Å²) in [5.74, 6) is -1.20. The van der Waals surface area contributed by atoms with Crippen molar-refractivity contribution in [3.8, 4) is 0 Å². The Morgan fingerprint density at radius 2 is 2.16 bits per heavy atom. The van der Waals surface area contributed by atoms with Gasteiger partial charge in [0.25, 0.3) is 11.6 Å². The van der Waals surface area contributed by atoms with E-state index in [1.165, 1.54) is 0 Å². The number of nitro groups is 1. The minimum absolute atomic E-state index is 0.00680. The Kier molecular flexibility index (Phi) is 3.26. The van der Waals surface area contributed by atoms with Crippen LogP contribution in [0.15, 0.2) is 18.2 Å². The molecule has 0 aromatic heterocycles. The quantitative estimate of drug-likeness (QED) is 0.610. The van der Waals surface area contributed by atoms with E-state index in [-0.39, 0.29) is 16.7 Å². The zero-order valence-corrected chi connectivity index (χ0v) is 10.9. The topological polar surface area (TPSA) is 63.5 Å². The summed E-state index contributed by atoms with van der Waals surface area (Å²) in [6, 6.07) is 3.02. The maximum Gasteiger partial charge on any atom is 0.270 e. The average Bonchev–Trinajstić information content (AvgIpc) is 2.69. The molecule has 1 aliphatic rings. The molecule has 5 nitrogen and oxygen atoms in total. The predicted molar refractivity (Wildman–Crippen MR) is 67.4 cm³/mol. The van der Waals surface area contributed by atoms with Crippen LogP contribution in [0.3, 0.4) is 0 Å². The van der Waals surface area contributed by atoms with E-state index in [9.17, 15) is 19.3 Å². The molecule has 1 aromatic carbocycles. The molecule has 2 rings (SSSR count). The number of amides is 1. The van der Waals surface area contributed by atoms with E-state index in [4.69, 9.17) is 0 Å². The maximum atomic E-state index is 13.7. The van der Waals surface area contributed by atoms with Gasteiger partial charge in [0.2, 0.25) is 0 Å². The van der Waals surface area contributed by atoms with E-state index in [0.717, 1.165) is 24.6 Å². The Bertz CT molecular complexity index is 543. The van der Waals surface area contributed by atoms with Gasteiger partial charge in [0, 0.05) is 25.2 Å². The summed E-state index contributed by atoms with van der Waals surface area (Å²) < 4.78 is 13.7. The van der Waals surface area contributed by atoms with Crippen molar-refractivity contribution in [2.45, 2.75) is 20.3 Å². The van der Waals surface area contributed by atoms with Crippen molar-refractivity contribution in [1.29, 1.82) is 0 Å². The van der Waals surface area contributed by atoms with Crippen LogP contribution in [0.5, 0.6) is 0 Å². The van der Waals surface area contributed by atoms with Gasteiger partial charge in [-0.2, -0.15) is 0 Å². The number of carbonyl (C=O) groups is 1. The molecule has 1 amide bonds. The number of benzene rings is 1. The minimum atomic E-state index is -0.722. The van der Waals surface area contributed by atoms with Crippen LogP contribution < -0.4 is 0 Å². The minimum Gasteiger partial charge on any atom is -0.338 e. The Morgan fingerprint density at radius 1 is 1.47 bits per heavy atom. The Labute approximate surface area is 110 Å². The summed E-state index contributed by atoms with van der Waals surface area (Å²) in [4.78, 5) is 23.8. The van der Waals surface area contributed by atoms with E-state index >= 15 is 0 Å². The molecule has 0 N–H and O–H groups in total. The lowest BCUT2D eigenvalue weighted by atomic mass is 9.93. The highest BCUT2D eigenvalue weighted by atomic mass is 19.1. The largest absolute Gasteiger partial charge is 0.338 e. The molecule has 1 fully saturated rings. The van der Waals surface area contributed by atoms with Gasteiger partial charge in [-0.3, -0.25) is 14.9 Å². The number of rotatable bonds is 2. The third kappa shape index (κ3) is 2.72. The van der Waals surface area contributed by atoms with Crippen LogP contribution in [0.4, 0.5) is 10.1 Å². The predicted octanol–water partition coefficient (Wildman–Crippen LogP) is 2.61. The first-order chi connectivity index (χ1) is 8.80. The van der Waals surface area contributed by atoms with Gasteiger partial charge < -0.3 is 4.90 Å². The molecule has 102 valence electrons. The first kappa shape index (κ1) is 13.5. The van der Waals surface area contributed by atoms with Crippen LogP contribution in [-0.2, 0) is 0 Å². The summed E-state index contributed by atoms with van der Waals surface area (Å²) in [5, 5.41) is 10.7. The van der Waals surface area contributed by atoms with Gasteiger partial charge in [-0.25, -0.2) is 4.39 Å². The number of nitro benzene ring substituents is 1.